The number of ether oxygens (including phenoxy) is 2. The zero-order valence-corrected chi connectivity index (χ0v) is 23.5. The van der Waals surface area contributed by atoms with Crippen LogP contribution in [-0.4, -0.2) is 93.1 Å². The van der Waals surface area contributed by atoms with E-state index < -0.39 is 0 Å². The number of hydrogen-bond acceptors (Lipinski definition) is 8. The first-order valence-electron chi connectivity index (χ1n) is 14.4. The third-order valence-electron chi connectivity index (χ3n) is 7.93. The van der Waals surface area contributed by atoms with Crippen LogP contribution < -0.4 is 15.1 Å². The second-order valence-electron chi connectivity index (χ2n) is 10.5. The van der Waals surface area contributed by atoms with Crippen LogP contribution in [0.2, 0.25) is 0 Å². The number of rotatable bonds is 8. The molecule has 0 bridgehead atoms. The second-order valence-corrected chi connectivity index (χ2v) is 10.5. The Kier molecular flexibility index (Phi) is 8.50. The number of anilines is 1. The number of carbonyl (C=O) groups excluding carboxylic acids is 1. The average molecular weight is 570 g/mol. The highest BCUT2D eigenvalue weighted by atomic mass is 16.5. The van der Waals surface area contributed by atoms with E-state index in [2.05, 4.69) is 4.90 Å². The Morgan fingerprint density at radius 1 is 0.833 bits per heavy atom. The number of β-amino-alcohol motifs (C(OH)–C–C–N with tert-alkyl or cyclic N) is 1. The molecule has 0 radical (unpaired) electrons. The Morgan fingerprint density at radius 2 is 1.62 bits per heavy atom. The number of hydrogen-bond donors (Lipinski definition) is 1. The molecule has 1 N–H and O–H groups in total. The summed E-state index contributed by atoms with van der Waals surface area (Å²) in [7, 11) is 0. The van der Waals surface area contributed by atoms with Crippen molar-refractivity contribution in [2.45, 2.75) is 0 Å². The van der Waals surface area contributed by atoms with Gasteiger partial charge in [-0.1, -0.05) is 48.5 Å². The summed E-state index contributed by atoms with van der Waals surface area (Å²) in [6.45, 7) is 5.91. The summed E-state index contributed by atoms with van der Waals surface area (Å²) in [6, 6.07) is 22.9. The van der Waals surface area contributed by atoms with Crippen LogP contribution in [-0.2, 0) is 9.53 Å². The third-order valence-corrected chi connectivity index (χ3v) is 7.93. The van der Waals surface area contributed by atoms with Gasteiger partial charge in [0.15, 0.2) is 17.9 Å². The largest absolute Gasteiger partial charge is 0.483 e. The minimum absolute atomic E-state index is 0.0618. The summed E-state index contributed by atoms with van der Waals surface area (Å²) in [5.41, 5.74) is 3.93. The van der Waals surface area contributed by atoms with Crippen LogP contribution in [0.15, 0.2) is 82.0 Å². The van der Waals surface area contributed by atoms with Crippen molar-refractivity contribution < 1.29 is 23.8 Å². The molecule has 0 spiro atoms. The second kappa shape index (κ2) is 12.8. The van der Waals surface area contributed by atoms with Gasteiger partial charge in [0.1, 0.15) is 11.3 Å². The first kappa shape index (κ1) is 28.0. The molecule has 6 rings (SSSR count). The first-order chi connectivity index (χ1) is 20.6. The normalized spacial score (nSPS) is 16.1. The monoisotopic (exact) mass is 569 g/mol. The van der Waals surface area contributed by atoms with Gasteiger partial charge in [0.05, 0.1) is 25.2 Å². The zero-order chi connectivity index (χ0) is 28.9. The molecule has 3 heterocycles. The molecule has 2 fully saturated rings. The molecule has 218 valence electrons. The number of amides is 1. The summed E-state index contributed by atoms with van der Waals surface area (Å²) in [5, 5.41) is 9.70. The Hall–Kier alpha value is -4.18. The molecular weight excluding hydrogens is 534 g/mol. The lowest BCUT2D eigenvalue weighted by atomic mass is 9.97. The number of aliphatic hydroxyl groups is 1. The fourth-order valence-electron chi connectivity index (χ4n) is 5.59. The van der Waals surface area contributed by atoms with E-state index in [0.717, 1.165) is 35.3 Å². The molecular formula is C33H35N3O6. The van der Waals surface area contributed by atoms with Gasteiger partial charge in [0.2, 0.25) is 0 Å². The van der Waals surface area contributed by atoms with Crippen LogP contribution in [0, 0.1) is 0 Å². The Labute approximate surface area is 244 Å². The highest BCUT2D eigenvalue weighted by molar-refractivity contribution is 5.94. The van der Waals surface area contributed by atoms with Gasteiger partial charge in [0, 0.05) is 63.0 Å². The third kappa shape index (κ3) is 6.04. The molecule has 0 aliphatic carbocycles. The van der Waals surface area contributed by atoms with Crippen LogP contribution in [0.4, 0.5) is 5.88 Å². The molecule has 2 aliphatic rings. The highest BCUT2D eigenvalue weighted by Crippen LogP contribution is 2.37. The lowest BCUT2D eigenvalue weighted by molar-refractivity contribution is -0.135. The van der Waals surface area contributed by atoms with E-state index in [1.165, 1.54) is 0 Å². The van der Waals surface area contributed by atoms with Gasteiger partial charge in [-0.2, -0.15) is 0 Å². The van der Waals surface area contributed by atoms with Gasteiger partial charge < -0.3 is 28.8 Å². The van der Waals surface area contributed by atoms with Crippen molar-refractivity contribution >= 4 is 22.8 Å². The SMILES string of the molecule is O=C(COc1ccc(-c2cccc3c(=O)cc(N4CCOCC4)oc23)cc1-c1ccccc1)N1CCN(CCO)CC1. The quantitative estimate of drug-likeness (QED) is 0.345. The topological polar surface area (TPSA) is 95.7 Å². The van der Waals surface area contributed by atoms with Gasteiger partial charge in [-0.15, -0.1) is 0 Å². The average Bonchev–Trinajstić information content (AvgIpc) is 3.04. The van der Waals surface area contributed by atoms with Gasteiger partial charge in [-0.25, -0.2) is 0 Å². The van der Waals surface area contributed by atoms with Crippen LogP contribution in [0.5, 0.6) is 5.75 Å². The first-order valence-corrected chi connectivity index (χ1v) is 14.4. The maximum absolute atomic E-state index is 13.1. The van der Waals surface area contributed by atoms with Gasteiger partial charge in [0.25, 0.3) is 5.91 Å². The lowest BCUT2D eigenvalue weighted by Crippen LogP contribution is -2.50. The van der Waals surface area contributed by atoms with Gasteiger partial charge in [-0.3, -0.25) is 14.5 Å². The molecule has 4 aromatic rings. The number of nitrogens with zero attached hydrogens (tertiary/aromatic N) is 3. The number of carbonyl (C=O) groups is 1. The number of aliphatic hydroxyl groups excluding tert-OH is 1. The van der Waals surface area contributed by atoms with Crippen LogP contribution in [0.25, 0.3) is 33.2 Å². The van der Waals surface area contributed by atoms with Crippen molar-refractivity contribution in [2.24, 2.45) is 0 Å². The molecule has 9 heteroatoms. The van der Waals surface area contributed by atoms with E-state index in [0.29, 0.717) is 68.5 Å². The summed E-state index contributed by atoms with van der Waals surface area (Å²) in [4.78, 5) is 32.1. The maximum Gasteiger partial charge on any atom is 0.260 e. The number of para-hydroxylation sites is 1. The number of morpholine rings is 1. The van der Waals surface area contributed by atoms with Crippen molar-refractivity contribution in [3.8, 4) is 28.0 Å². The standard InChI is InChI=1S/C33H35N3O6/c37-18-15-34-11-13-35(14-12-34)31(39)23-41-30-10-9-25(21-28(30)24-5-2-1-3-6-24)26-7-4-8-27-29(38)22-32(42-33(26)27)36-16-19-40-20-17-36/h1-10,21-22,37H,11-20,23H2. The Morgan fingerprint density at radius 3 is 2.38 bits per heavy atom. The van der Waals surface area contributed by atoms with Crippen molar-refractivity contribution in [3.05, 3.63) is 83.0 Å². The fourth-order valence-corrected chi connectivity index (χ4v) is 5.59. The molecule has 2 aliphatic heterocycles. The molecule has 9 nitrogen and oxygen atoms in total. The lowest BCUT2D eigenvalue weighted by Gasteiger charge is -2.34. The van der Waals surface area contributed by atoms with E-state index in [1.54, 1.807) is 12.1 Å². The van der Waals surface area contributed by atoms with Crippen molar-refractivity contribution in [1.82, 2.24) is 9.80 Å². The summed E-state index contributed by atoms with van der Waals surface area (Å²) < 4.78 is 18.0. The van der Waals surface area contributed by atoms with E-state index >= 15 is 0 Å². The molecule has 42 heavy (non-hydrogen) atoms. The predicted molar refractivity (Wildman–Crippen MR) is 162 cm³/mol. The maximum atomic E-state index is 13.1. The Balaban J connectivity index is 1.31. The molecule has 3 aromatic carbocycles. The zero-order valence-electron chi connectivity index (χ0n) is 23.5. The van der Waals surface area contributed by atoms with E-state index in [9.17, 15) is 14.7 Å². The number of fused-ring (bicyclic) bond motifs is 1. The minimum atomic E-state index is -0.0847. The van der Waals surface area contributed by atoms with Gasteiger partial charge >= 0.3 is 0 Å². The molecule has 0 saturated carbocycles. The smallest absolute Gasteiger partial charge is 0.260 e. The van der Waals surface area contributed by atoms with E-state index in [4.69, 9.17) is 13.9 Å². The molecule has 2 saturated heterocycles. The number of benzene rings is 3. The molecule has 0 unspecified atom stereocenters. The van der Waals surface area contributed by atoms with Crippen LogP contribution in [0.3, 0.4) is 0 Å². The van der Waals surface area contributed by atoms with Crippen LogP contribution in [0.1, 0.15) is 0 Å². The molecule has 1 amide bonds. The van der Waals surface area contributed by atoms with E-state index in [-0.39, 0.29) is 24.5 Å². The van der Waals surface area contributed by atoms with E-state index in [1.807, 2.05) is 70.5 Å². The molecule has 1 aromatic heterocycles. The predicted octanol–water partition coefficient (Wildman–Crippen LogP) is 3.48. The summed E-state index contributed by atoms with van der Waals surface area (Å²) in [5.74, 6) is 1.09. The number of piperazine rings is 1. The highest BCUT2D eigenvalue weighted by Gasteiger charge is 2.22. The van der Waals surface area contributed by atoms with Crippen molar-refractivity contribution in [3.63, 3.8) is 0 Å². The van der Waals surface area contributed by atoms with Crippen molar-refractivity contribution in [1.29, 1.82) is 0 Å². The van der Waals surface area contributed by atoms with Gasteiger partial charge in [-0.05, 0) is 29.3 Å². The summed E-state index contributed by atoms with van der Waals surface area (Å²) >= 11 is 0. The van der Waals surface area contributed by atoms with Crippen LogP contribution >= 0.6 is 0 Å². The molecule has 0 atom stereocenters. The van der Waals surface area contributed by atoms with Crippen molar-refractivity contribution in [2.75, 3.05) is 77.1 Å². The Bertz CT molecular complexity index is 1590. The fraction of sp³-hybridized carbons (Fsp3) is 0.333. The summed E-state index contributed by atoms with van der Waals surface area (Å²) in [6.07, 6.45) is 0. The minimum Gasteiger partial charge on any atom is -0.483 e.